The van der Waals surface area contributed by atoms with Crippen LogP contribution in [0.1, 0.15) is 45.6 Å². The van der Waals surface area contributed by atoms with Gasteiger partial charge in [-0.3, -0.25) is 4.90 Å². The zero-order valence-electron chi connectivity index (χ0n) is 12.6. The van der Waals surface area contributed by atoms with E-state index in [1.54, 1.807) is 0 Å². The Labute approximate surface area is 117 Å². The number of benzene rings is 1. The lowest BCUT2D eigenvalue weighted by Gasteiger charge is -2.41. The summed E-state index contributed by atoms with van der Waals surface area (Å²) < 4.78 is 0. The summed E-state index contributed by atoms with van der Waals surface area (Å²) >= 11 is 0. The van der Waals surface area contributed by atoms with Crippen LogP contribution in [-0.4, -0.2) is 34.7 Å². The summed E-state index contributed by atoms with van der Waals surface area (Å²) in [5.41, 5.74) is 1.24. The zero-order chi connectivity index (χ0) is 14.0. The molecule has 0 radical (unpaired) electrons. The summed E-state index contributed by atoms with van der Waals surface area (Å²) in [6.07, 6.45) is 0.869. The van der Waals surface area contributed by atoms with Crippen LogP contribution in [-0.2, 0) is 0 Å². The molecule has 0 aliphatic heterocycles. The van der Waals surface area contributed by atoms with Crippen LogP contribution in [0.3, 0.4) is 0 Å². The number of aliphatic hydroxyl groups excluding tert-OH is 1. The van der Waals surface area contributed by atoms with Gasteiger partial charge in [0.1, 0.15) is 0 Å². The van der Waals surface area contributed by atoms with Crippen molar-refractivity contribution in [3.63, 3.8) is 0 Å². The Kier molecular flexibility index (Phi) is 4.32. The number of rotatable bonds is 6. The second-order valence-electron chi connectivity index (χ2n) is 6.19. The third kappa shape index (κ3) is 2.85. The van der Waals surface area contributed by atoms with Crippen molar-refractivity contribution in [1.82, 2.24) is 4.90 Å². The minimum Gasteiger partial charge on any atom is -0.391 e. The van der Waals surface area contributed by atoms with Crippen LogP contribution in [0, 0.1) is 5.92 Å². The molecule has 19 heavy (non-hydrogen) atoms. The molecule has 0 spiro atoms. The largest absolute Gasteiger partial charge is 0.391 e. The lowest BCUT2D eigenvalue weighted by Crippen LogP contribution is -2.53. The van der Waals surface area contributed by atoms with Crippen LogP contribution < -0.4 is 0 Å². The summed E-state index contributed by atoms with van der Waals surface area (Å²) in [6, 6.07) is 10.6. The predicted molar refractivity (Wildman–Crippen MR) is 80.3 cm³/mol. The highest BCUT2D eigenvalue weighted by atomic mass is 16.3. The molecular weight excluding hydrogens is 234 g/mol. The van der Waals surface area contributed by atoms with Gasteiger partial charge in [0.25, 0.3) is 0 Å². The molecule has 1 aliphatic rings. The minimum atomic E-state index is -0.252. The third-order valence-corrected chi connectivity index (χ3v) is 4.78. The average molecular weight is 261 g/mol. The Morgan fingerprint density at radius 3 is 2.32 bits per heavy atom. The molecule has 1 aromatic rings. The highest BCUT2D eigenvalue weighted by Gasteiger charge is 2.49. The van der Waals surface area contributed by atoms with E-state index in [-0.39, 0.29) is 11.6 Å². The molecule has 0 bridgehead atoms. The van der Waals surface area contributed by atoms with Gasteiger partial charge in [-0.25, -0.2) is 0 Å². The van der Waals surface area contributed by atoms with Crippen LogP contribution >= 0.6 is 0 Å². The van der Waals surface area contributed by atoms with Gasteiger partial charge in [0.05, 0.1) is 6.10 Å². The first-order chi connectivity index (χ1) is 9.02. The predicted octanol–water partition coefficient (Wildman–Crippen LogP) is 3.27. The summed E-state index contributed by atoms with van der Waals surface area (Å²) in [5.74, 6) is 0.962. The molecule has 3 atom stereocenters. The Morgan fingerprint density at radius 2 is 1.79 bits per heavy atom. The van der Waals surface area contributed by atoms with E-state index in [0.717, 1.165) is 19.5 Å². The van der Waals surface area contributed by atoms with E-state index in [1.807, 2.05) is 0 Å². The summed E-state index contributed by atoms with van der Waals surface area (Å²) in [5, 5.41) is 10.7. The average Bonchev–Trinajstić information content (AvgIpc) is 3.20. The summed E-state index contributed by atoms with van der Waals surface area (Å²) in [7, 11) is 0. The Balaban J connectivity index is 2.04. The first-order valence-corrected chi connectivity index (χ1v) is 7.50. The van der Waals surface area contributed by atoms with Crippen LogP contribution in [0.5, 0.6) is 0 Å². The van der Waals surface area contributed by atoms with Gasteiger partial charge in [-0.15, -0.1) is 0 Å². The fourth-order valence-corrected chi connectivity index (χ4v) is 3.40. The van der Waals surface area contributed by atoms with E-state index < -0.39 is 0 Å². The third-order valence-electron chi connectivity index (χ3n) is 4.78. The number of likely N-dealkylation sites (N-methyl/N-ethyl adjacent to an activating group) is 1. The van der Waals surface area contributed by atoms with Gasteiger partial charge < -0.3 is 5.11 Å². The van der Waals surface area contributed by atoms with E-state index in [0.29, 0.717) is 11.8 Å². The summed E-state index contributed by atoms with van der Waals surface area (Å²) in [6.45, 7) is 10.7. The molecule has 2 heteroatoms. The molecule has 1 N–H and O–H groups in total. The van der Waals surface area contributed by atoms with E-state index in [9.17, 15) is 5.11 Å². The van der Waals surface area contributed by atoms with Gasteiger partial charge in [-0.1, -0.05) is 44.2 Å². The molecule has 1 aliphatic carbocycles. The maximum atomic E-state index is 10.7. The fraction of sp³-hybridized carbons (Fsp3) is 0.647. The van der Waals surface area contributed by atoms with Gasteiger partial charge in [-0.05, 0) is 50.8 Å². The molecule has 1 aromatic carbocycles. The monoisotopic (exact) mass is 261 g/mol. The Morgan fingerprint density at radius 1 is 1.21 bits per heavy atom. The maximum Gasteiger partial charge on any atom is 0.0752 e. The van der Waals surface area contributed by atoms with Gasteiger partial charge >= 0.3 is 0 Å². The molecule has 1 fully saturated rings. The molecule has 0 amide bonds. The zero-order valence-corrected chi connectivity index (χ0v) is 12.6. The van der Waals surface area contributed by atoms with Crippen molar-refractivity contribution in [3.8, 4) is 0 Å². The van der Waals surface area contributed by atoms with Crippen molar-refractivity contribution >= 4 is 0 Å². The van der Waals surface area contributed by atoms with Crippen molar-refractivity contribution in [2.24, 2.45) is 5.92 Å². The normalized spacial score (nSPS) is 24.5. The Hall–Kier alpha value is -0.860. The molecule has 0 aromatic heterocycles. The fourth-order valence-electron chi connectivity index (χ4n) is 3.40. The Bertz CT molecular complexity index is 397. The van der Waals surface area contributed by atoms with Crippen LogP contribution in [0.25, 0.3) is 0 Å². The van der Waals surface area contributed by atoms with Crippen molar-refractivity contribution in [2.45, 2.75) is 51.7 Å². The molecule has 106 valence electrons. The molecule has 2 nitrogen and oxygen atoms in total. The highest BCUT2D eigenvalue weighted by molar-refractivity contribution is 5.27. The molecule has 3 unspecified atom stereocenters. The van der Waals surface area contributed by atoms with Crippen molar-refractivity contribution < 1.29 is 5.11 Å². The highest BCUT2D eigenvalue weighted by Crippen LogP contribution is 2.52. The van der Waals surface area contributed by atoms with Crippen molar-refractivity contribution in [2.75, 3.05) is 13.1 Å². The lowest BCUT2D eigenvalue weighted by atomic mass is 9.89. The number of hydrogen-bond acceptors (Lipinski definition) is 2. The van der Waals surface area contributed by atoms with Crippen molar-refractivity contribution in [1.29, 1.82) is 0 Å². The van der Waals surface area contributed by atoms with E-state index >= 15 is 0 Å². The van der Waals surface area contributed by atoms with Gasteiger partial charge in [0, 0.05) is 5.54 Å². The summed E-state index contributed by atoms with van der Waals surface area (Å²) in [4.78, 5) is 2.36. The second-order valence-corrected chi connectivity index (χ2v) is 6.19. The quantitative estimate of drug-likeness (QED) is 0.849. The smallest absolute Gasteiger partial charge is 0.0752 e. The van der Waals surface area contributed by atoms with Crippen LogP contribution in [0.2, 0.25) is 0 Å². The first kappa shape index (κ1) is 14.5. The lowest BCUT2D eigenvalue weighted by molar-refractivity contribution is -0.0182. The van der Waals surface area contributed by atoms with Crippen molar-refractivity contribution in [3.05, 3.63) is 35.9 Å². The number of aliphatic hydroxyl groups is 1. The molecule has 1 saturated carbocycles. The van der Waals surface area contributed by atoms with Crippen LogP contribution in [0.4, 0.5) is 0 Å². The van der Waals surface area contributed by atoms with E-state index in [4.69, 9.17) is 0 Å². The number of hydrogen-bond donors (Lipinski definition) is 1. The second kappa shape index (κ2) is 5.64. The van der Waals surface area contributed by atoms with Gasteiger partial charge in [0.15, 0.2) is 0 Å². The molecule has 2 rings (SSSR count). The molecule has 0 saturated heterocycles. The SMILES string of the molecule is CCN(CC)C(C)(C)C(O)C1CC1c1ccccc1. The molecule has 0 heterocycles. The first-order valence-electron chi connectivity index (χ1n) is 7.50. The van der Waals surface area contributed by atoms with E-state index in [1.165, 1.54) is 5.56 Å². The van der Waals surface area contributed by atoms with E-state index in [2.05, 4.69) is 62.9 Å². The minimum absolute atomic E-state index is 0.141. The molecular formula is C17H27NO. The number of nitrogens with zero attached hydrogens (tertiary/aromatic N) is 1. The standard InChI is InChI=1S/C17H27NO/c1-5-18(6-2)17(3,4)16(19)15-12-14(15)13-10-8-7-9-11-13/h7-11,14-16,19H,5-6,12H2,1-4H3. The maximum absolute atomic E-state index is 10.7. The van der Waals surface area contributed by atoms with Gasteiger partial charge in [-0.2, -0.15) is 0 Å². The van der Waals surface area contributed by atoms with Gasteiger partial charge in [0.2, 0.25) is 0 Å². The van der Waals surface area contributed by atoms with Crippen LogP contribution in [0.15, 0.2) is 30.3 Å². The topological polar surface area (TPSA) is 23.5 Å².